The molecule has 1 aromatic heterocycles. The third kappa shape index (κ3) is 4.01. The number of carbonyl (C=O) groups is 1. The molecule has 0 fully saturated rings. The zero-order valence-corrected chi connectivity index (χ0v) is 17.2. The molecular weight excluding hydrogens is 387 g/mol. The number of rotatable bonds is 5. The van der Waals surface area contributed by atoms with Crippen LogP contribution in [0.1, 0.15) is 31.2 Å². The minimum Gasteiger partial charge on any atom is -0.355 e. The van der Waals surface area contributed by atoms with Crippen LogP contribution in [-0.2, 0) is 27.7 Å². The van der Waals surface area contributed by atoms with Gasteiger partial charge in [-0.3, -0.25) is 9.10 Å². The smallest absolute Gasteiger partial charge is 0.273 e. The van der Waals surface area contributed by atoms with E-state index in [4.69, 9.17) is 0 Å². The maximum atomic E-state index is 14.2. The molecule has 0 saturated carbocycles. The Morgan fingerprint density at radius 2 is 2.00 bits per heavy atom. The first-order chi connectivity index (χ1) is 12.6. The quantitative estimate of drug-likeness (QED) is 0.822. The first-order valence-electron chi connectivity index (χ1n) is 8.78. The number of sulfonamides is 1. The predicted molar refractivity (Wildman–Crippen MR) is 105 cm³/mol. The molecule has 3 rings (SSSR count). The van der Waals surface area contributed by atoms with Crippen LogP contribution in [0.2, 0.25) is 0 Å². The number of amides is 1. The van der Waals surface area contributed by atoms with Crippen LogP contribution in [0.3, 0.4) is 0 Å². The number of hydrogen-bond donors (Lipinski definition) is 1. The van der Waals surface area contributed by atoms with Crippen molar-refractivity contribution in [3.05, 3.63) is 46.6 Å². The third-order valence-electron chi connectivity index (χ3n) is 4.42. The molecule has 1 amide bonds. The van der Waals surface area contributed by atoms with E-state index in [9.17, 15) is 17.6 Å². The van der Waals surface area contributed by atoms with Gasteiger partial charge < -0.3 is 5.32 Å². The summed E-state index contributed by atoms with van der Waals surface area (Å²) >= 11 is 1.16. The van der Waals surface area contributed by atoms with E-state index in [1.165, 1.54) is 6.07 Å². The van der Waals surface area contributed by atoms with Gasteiger partial charge in [0, 0.05) is 23.4 Å². The maximum absolute atomic E-state index is 14.2. The molecule has 2 heterocycles. The van der Waals surface area contributed by atoms with Gasteiger partial charge >= 0.3 is 0 Å². The molecule has 1 aliphatic heterocycles. The van der Waals surface area contributed by atoms with Gasteiger partial charge in [-0.05, 0) is 36.6 Å². The van der Waals surface area contributed by atoms with Gasteiger partial charge in [0.05, 0.1) is 5.69 Å². The van der Waals surface area contributed by atoms with Gasteiger partial charge in [0.1, 0.15) is 10.0 Å². The Kier molecular flexibility index (Phi) is 5.31. The average Bonchev–Trinajstić information content (AvgIpc) is 3.22. The number of nitrogens with one attached hydrogen (secondary N) is 1. The van der Waals surface area contributed by atoms with Crippen molar-refractivity contribution in [3.8, 4) is 0 Å². The Balaban J connectivity index is 1.73. The standard InChI is InChI=1S/C19H23FN2O3S2/c1-19(2,3)18(23)21-11-9-14-7-8-16(26-14)27(24,25)22-12-10-13-5-4-6-15(20)17(13)22/h4-8H,9-12H2,1-3H3,(H,21,23). The summed E-state index contributed by atoms with van der Waals surface area (Å²) in [7, 11) is -3.79. The fourth-order valence-corrected chi connectivity index (χ4v) is 5.90. The highest BCUT2D eigenvalue weighted by molar-refractivity contribution is 7.94. The molecule has 2 aromatic rings. The van der Waals surface area contributed by atoms with Crippen LogP contribution in [0.15, 0.2) is 34.5 Å². The molecule has 0 radical (unpaired) electrons. The highest BCUT2D eigenvalue weighted by atomic mass is 32.2. The number of nitrogens with zero attached hydrogens (tertiary/aromatic N) is 1. The topological polar surface area (TPSA) is 66.5 Å². The second kappa shape index (κ2) is 7.24. The molecule has 0 atom stereocenters. The highest BCUT2D eigenvalue weighted by Gasteiger charge is 2.34. The summed E-state index contributed by atoms with van der Waals surface area (Å²) in [6.07, 6.45) is 1.05. The molecular formula is C19H23FN2O3S2. The molecule has 27 heavy (non-hydrogen) atoms. The summed E-state index contributed by atoms with van der Waals surface area (Å²) in [6, 6.07) is 7.94. The summed E-state index contributed by atoms with van der Waals surface area (Å²) in [5.74, 6) is -0.564. The summed E-state index contributed by atoms with van der Waals surface area (Å²) in [5.41, 5.74) is 0.405. The lowest BCUT2D eigenvalue weighted by atomic mass is 9.96. The number of thiophene rings is 1. The van der Waals surface area contributed by atoms with Crippen molar-refractivity contribution in [1.29, 1.82) is 0 Å². The van der Waals surface area contributed by atoms with E-state index in [0.717, 1.165) is 20.5 Å². The molecule has 1 N–H and O–H groups in total. The Morgan fingerprint density at radius 3 is 2.70 bits per heavy atom. The van der Waals surface area contributed by atoms with E-state index in [0.29, 0.717) is 24.9 Å². The molecule has 8 heteroatoms. The number of halogens is 1. The maximum Gasteiger partial charge on any atom is 0.273 e. The van der Waals surface area contributed by atoms with Crippen LogP contribution < -0.4 is 9.62 Å². The molecule has 0 spiro atoms. The summed E-state index contributed by atoms with van der Waals surface area (Å²) in [4.78, 5) is 12.8. The summed E-state index contributed by atoms with van der Waals surface area (Å²) in [6.45, 7) is 6.20. The van der Waals surface area contributed by atoms with Crippen LogP contribution in [0.4, 0.5) is 10.1 Å². The van der Waals surface area contributed by atoms with Crippen molar-refractivity contribution in [2.45, 2.75) is 37.8 Å². The largest absolute Gasteiger partial charge is 0.355 e. The van der Waals surface area contributed by atoms with Crippen LogP contribution in [-0.4, -0.2) is 27.4 Å². The Morgan fingerprint density at radius 1 is 1.26 bits per heavy atom. The number of fused-ring (bicyclic) bond motifs is 1. The van der Waals surface area contributed by atoms with Crippen LogP contribution in [0, 0.1) is 11.2 Å². The number of carbonyl (C=O) groups excluding carboxylic acids is 1. The van der Waals surface area contributed by atoms with E-state index in [-0.39, 0.29) is 22.3 Å². The van der Waals surface area contributed by atoms with Gasteiger partial charge in [-0.15, -0.1) is 11.3 Å². The van der Waals surface area contributed by atoms with Gasteiger partial charge in [-0.2, -0.15) is 0 Å². The molecule has 0 aliphatic carbocycles. The average molecular weight is 411 g/mol. The zero-order chi connectivity index (χ0) is 19.8. The molecule has 146 valence electrons. The number of anilines is 1. The van der Waals surface area contributed by atoms with E-state index in [2.05, 4.69) is 5.32 Å². The van der Waals surface area contributed by atoms with E-state index >= 15 is 0 Å². The van der Waals surface area contributed by atoms with Gasteiger partial charge in [-0.25, -0.2) is 12.8 Å². The normalized spacial score (nSPS) is 14.3. The van der Waals surface area contributed by atoms with Gasteiger partial charge in [0.25, 0.3) is 10.0 Å². The van der Waals surface area contributed by atoms with Crippen molar-refractivity contribution < 1.29 is 17.6 Å². The second-order valence-electron chi connectivity index (χ2n) is 7.55. The third-order valence-corrected chi connectivity index (χ3v) is 7.83. The molecule has 1 aromatic carbocycles. The first-order valence-corrected chi connectivity index (χ1v) is 11.0. The van der Waals surface area contributed by atoms with E-state index in [1.54, 1.807) is 24.3 Å². The van der Waals surface area contributed by atoms with Crippen molar-refractivity contribution in [2.75, 3.05) is 17.4 Å². The lowest BCUT2D eigenvalue weighted by molar-refractivity contribution is -0.128. The Bertz CT molecular complexity index is 962. The fraction of sp³-hybridized carbons (Fsp3) is 0.421. The van der Waals surface area contributed by atoms with Crippen molar-refractivity contribution in [2.24, 2.45) is 5.41 Å². The van der Waals surface area contributed by atoms with Gasteiger partial charge in [0.15, 0.2) is 0 Å². The van der Waals surface area contributed by atoms with Crippen LogP contribution in [0.25, 0.3) is 0 Å². The van der Waals surface area contributed by atoms with Crippen LogP contribution in [0.5, 0.6) is 0 Å². The molecule has 0 unspecified atom stereocenters. The van der Waals surface area contributed by atoms with Gasteiger partial charge in [-0.1, -0.05) is 32.9 Å². The van der Waals surface area contributed by atoms with Crippen LogP contribution >= 0.6 is 11.3 Å². The molecule has 0 saturated heterocycles. The molecule has 1 aliphatic rings. The minimum absolute atomic E-state index is 0.0453. The summed E-state index contributed by atoms with van der Waals surface area (Å²) < 4.78 is 41.5. The van der Waals surface area contributed by atoms with Crippen molar-refractivity contribution in [1.82, 2.24) is 5.32 Å². The number of benzene rings is 1. The molecule has 5 nitrogen and oxygen atoms in total. The predicted octanol–water partition coefficient (Wildman–Crippen LogP) is 3.34. The second-order valence-corrected chi connectivity index (χ2v) is 10.8. The number of para-hydroxylation sites is 1. The fourth-order valence-electron chi connectivity index (χ4n) is 2.92. The minimum atomic E-state index is -3.79. The Hall–Kier alpha value is -1.93. The van der Waals surface area contributed by atoms with Crippen molar-refractivity contribution >= 4 is 33.0 Å². The van der Waals surface area contributed by atoms with E-state index in [1.807, 2.05) is 20.8 Å². The van der Waals surface area contributed by atoms with Crippen molar-refractivity contribution in [3.63, 3.8) is 0 Å². The number of hydrogen-bond acceptors (Lipinski definition) is 4. The summed E-state index contributed by atoms with van der Waals surface area (Å²) in [5, 5.41) is 2.85. The Labute approximate surface area is 163 Å². The lowest BCUT2D eigenvalue weighted by Gasteiger charge is -2.19. The molecule has 0 bridgehead atoms. The monoisotopic (exact) mass is 410 g/mol. The highest BCUT2D eigenvalue weighted by Crippen LogP contribution is 2.36. The van der Waals surface area contributed by atoms with E-state index < -0.39 is 21.3 Å². The van der Waals surface area contributed by atoms with Gasteiger partial charge in [0.2, 0.25) is 5.91 Å². The lowest BCUT2D eigenvalue weighted by Crippen LogP contribution is -2.35. The SMILES string of the molecule is CC(C)(C)C(=O)NCCc1ccc(S(=O)(=O)N2CCc3cccc(F)c32)s1. The first kappa shape index (κ1) is 19.8. The zero-order valence-electron chi connectivity index (χ0n) is 15.6.